The van der Waals surface area contributed by atoms with Crippen molar-refractivity contribution in [3.8, 4) is 0 Å². The minimum atomic E-state index is -0.545. The molecule has 25 heavy (non-hydrogen) atoms. The number of pyridine rings is 1. The molecule has 7 nitrogen and oxygen atoms in total. The number of methoxy groups -OCH3 is 1. The average Bonchev–Trinajstić information content (AvgIpc) is 2.64. The number of hydrogen-bond acceptors (Lipinski definition) is 6. The van der Waals surface area contributed by atoms with Crippen molar-refractivity contribution in [2.45, 2.75) is 5.03 Å². The van der Waals surface area contributed by atoms with Gasteiger partial charge < -0.3 is 10.1 Å². The number of hydrogen-bond donors (Lipinski definition) is 1. The Hall–Kier alpha value is -2.87. The minimum Gasteiger partial charge on any atom is -0.465 e. The Labute approximate surface area is 148 Å². The number of esters is 1. The quantitative estimate of drug-likeness (QED) is 0.842. The molecular weight excluding hydrogens is 342 g/mol. The Morgan fingerprint density at radius 3 is 2.88 bits per heavy atom. The molecule has 1 aliphatic heterocycles. The predicted molar refractivity (Wildman–Crippen MR) is 93.7 cm³/mol. The van der Waals surface area contributed by atoms with Gasteiger partial charge in [0.15, 0.2) is 0 Å². The van der Waals surface area contributed by atoms with E-state index < -0.39 is 11.9 Å². The molecule has 0 fully saturated rings. The highest BCUT2D eigenvalue weighted by molar-refractivity contribution is 8.00. The van der Waals surface area contributed by atoms with E-state index in [0.717, 1.165) is 0 Å². The number of nitrogens with one attached hydrogen (secondary N) is 1. The lowest BCUT2D eigenvalue weighted by Gasteiger charge is -2.27. The number of carbonyl (C=O) groups excluding carboxylic acids is 3. The Balaban J connectivity index is 1.78. The summed E-state index contributed by atoms with van der Waals surface area (Å²) in [6.45, 7) is -0.159. The molecule has 3 rings (SSSR count). The molecular formula is C17H15N3O4S. The molecule has 1 aliphatic rings. The van der Waals surface area contributed by atoms with E-state index in [1.807, 2.05) is 0 Å². The van der Waals surface area contributed by atoms with Crippen LogP contribution in [-0.4, -0.2) is 42.2 Å². The first-order valence-electron chi connectivity index (χ1n) is 7.45. The van der Waals surface area contributed by atoms with Crippen molar-refractivity contribution < 1.29 is 19.1 Å². The fourth-order valence-corrected chi connectivity index (χ4v) is 3.31. The Bertz CT molecular complexity index is 840. The van der Waals surface area contributed by atoms with Gasteiger partial charge in [0.05, 0.1) is 29.8 Å². The zero-order valence-corrected chi connectivity index (χ0v) is 14.2. The number of rotatable bonds is 4. The summed E-state index contributed by atoms with van der Waals surface area (Å²) in [6.07, 6.45) is 1.65. The SMILES string of the molecule is COC(=O)c1ccccc1NC(=O)CN1C(=O)CSc2ncccc21. The molecule has 0 spiro atoms. The summed E-state index contributed by atoms with van der Waals surface area (Å²) in [4.78, 5) is 42.0. The molecule has 0 radical (unpaired) electrons. The molecule has 2 heterocycles. The van der Waals surface area contributed by atoms with E-state index in [4.69, 9.17) is 4.74 Å². The van der Waals surface area contributed by atoms with Gasteiger partial charge in [0.25, 0.3) is 0 Å². The number of para-hydroxylation sites is 1. The van der Waals surface area contributed by atoms with Gasteiger partial charge in [0, 0.05) is 6.20 Å². The van der Waals surface area contributed by atoms with E-state index in [2.05, 4.69) is 10.3 Å². The number of benzene rings is 1. The zero-order valence-electron chi connectivity index (χ0n) is 13.4. The van der Waals surface area contributed by atoms with Crippen LogP contribution in [0.1, 0.15) is 10.4 Å². The van der Waals surface area contributed by atoms with Gasteiger partial charge in [-0.1, -0.05) is 23.9 Å². The van der Waals surface area contributed by atoms with E-state index in [1.165, 1.54) is 23.8 Å². The summed E-state index contributed by atoms with van der Waals surface area (Å²) in [7, 11) is 1.27. The molecule has 2 aromatic rings. The fraction of sp³-hybridized carbons (Fsp3) is 0.176. The van der Waals surface area contributed by atoms with Gasteiger partial charge in [-0.15, -0.1) is 0 Å². The second kappa shape index (κ2) is 7.35. The topological polar surface area (TPSA) is 88.6 Å². The summed E-state index contributed by atoms with van der Waals surface area (Å²) < 4.78 is 4.71. The number of amides is 2. The first-order valence-corrected chi connectivity index (χ1v) is 8.44. The molecule has 1 N–H and O–H groups in total. The van der Waals surface area contributed by atoms with Gasteiger partial charge in [0.2, 0.25) is 11.8 Å². The molecule has 0 atom stereocenters. The largest absolute Gasteiger partial charge is 0.465 e. The second-order valence-electron chi connectivity index (χ2n) is 5.18. The van der Waals surface area contributed by atoms with Crippen molar-refractivity contribution in [3.63, 3.8) is 0 Å². The minimum absolute atomic E-state index is 0.159. The molecule has 128 valence electrons. The molecule has 1 aromatic carbocycles. The van der Waals surface area contributed by atoms with E-state index in [0.29, 0.717) is 16.4 Å². The lowest BCUT2D eigenvalue weighted by Crippen LogP contribution is -2.41. The standard InChI is InChI=1S/C17H15N3O4S/c1-24-17(23)11-5-2-3-6-12(11)19-14(21)9-20-13-7-4-8-18-16(13)25-10-15(20)22/h2-8H,9-10H2,1H3,(H,19,21). The smallest absolute Gasteiger partial charge is 0.339 e. The fourth-order valence-electron chi connectivity index (χ4n) is 2.43. The molecule has 0 unspecified atom stereocenters. The van der Waals surface area contributed by atoms with Crippen LogP contribution in [0.3, 0.4) is 0 Å². The van der Waals surface area contributed by atoms with Gasteiger partial charge in [-0.25, -0.2) is 9.78 Å². The number of ether oxygens (including phenoxy) is 1. The van der Waals surface area contributed by atoms with Gasteiger partial charge in [-0.3, -0.25) is 14.5 Å². The maximum absolute atomic E-state index is 12.4. The van der Waals surface area contributed by atoms with Crippen LogP contribution in [0.4, 0.5) is 11.4 Å². The van der Waals surface area contributed by atoms with Gasteiger partial charge >= 0.3 is 5.97 Å². The summed E-state index contributed by atoms with van der Waals surface area (Å²) in [5.41, 5.74) is 1.20. The van der Waals surface area contributed by atoms with Gasteiger partial charge in [-0.05, 0) is 24.3 Å². The van der Waals surface area contributed by atoms with Crippen molar-refractivity contribution in [1.29, 1.82) is 0 Å². The van der Waals surface area contributed by atoms with Crippen LogP contribution in [0, 0.1) is 0 Å². The van der Waals surface area contributed by atoms with Crippen molar-refractivity contribution in [3.05, 3.63) is 48.2 Å². The van der Waals surface area contributed by atoms with Crippen molar-refractivity contribution in [2.24, 2.45) is 0 Å². The lowest BCUT2D eigenvalue weighted by atomic mass is 10.2. The molecule has 0 saturated heterocycles. The third kappa shape index (κ3) is 3.63. The molecule has 0 aliphatic carbocycles. The predicted octanol–water partition coefficient (Wildman–Crippen LogP) is 1.95. The molecule has 1 aromatic heterocycles. The third-order valence-corrected chi connectivity index (χ3v) is 4.56. The Morgan fingerprint density at radius 1 is 1.28 bits per heavy atom. The highest BCUT2D eigenvalue weighted by Gasteiger charge is 2.27. The first kappa shape index (κ1) is 17.0. The Morgan fingerprint density at radius 2 is 2.08 bits per heavy atom. The molecule has 0 saturated carbocycles. The number of nitrogens with zero attached hydrogens (tertiary/aromatic N) is 2. The van der Waals surface area contributed by atoms with Crippen LogP contribution in [0.25, 0.3) is 0 Å². The first-order chi connectivity index (χ1) is 12.1. The maximum atomic E-state index is 12.4. The average molecular weight is 357 g/mol. The highest BCUT2D eigenvalue weighted by Crippen LogP contribution is 2.32. The van der Waals surface area contributed by atoms with Crippen LogP contribution in [-0.2, 0) is 14.3 Å². The summed E-state index contributed by atoms with van der Waals surface area (Å²) in [5, 5.41) is 3.38. The summed E-state index contributed by atoms with van der Waals surface area (Å²) >= 11 is 1.35. The molecule has 2 amide bonds. The monoisotopic (exact) mass is 357 g/mol. The third-order valence-electron chi connectivity index (χ3n) is 3.58. The van der Waals surface area contributed by atoms with Crippen LogP contribution < -0.4 is 10.2 Å². The number of fused-ring (bicyclic) bond motifs is 1. The molecule has 8 heteroatoms. The summed E-state index contributed by atoms with van der Waals surface area (Å²) in [5.74, 6) is -0.889. The normalized spacial score (nSPS) is 13.2. The van der Waals surface area contributed by atoms with Crippen molar-refractivity contribution in [1.82, 2.24) is 4.98 Å². The highest BCUT2D eigenvalue weighted by atomic mass is 32.2. The number of anilines is 2. The van der Waals surface area contributed by atoms with Crippen LogP contribution >= 0.6 is 11.8 Å². The zero-order chi connectivity index (χ0) is 17.8. The number of thioether (sulfide) groups is 1. The number of aromatic nitrogens is 1. The van der Waals surface area contributed by atoms with Gasteiger partial charge in [-0.2, -0.15) is 0 Å². The van der Waals surface area contributed by atoms with Crippen molar-refractivity contribution >= 4 is 40.9 Å². The van der Waals surface area contributed by atoms with E-state index in [1.54, 1.807) is 42.6 Å². The van der Waals surface area contributed by atoms with E-state index >= 15 is 0 Å². The maximum Gasteiger partial charge on any atom is 0.339 e. The Kier molecular flexibility index (Phi) is 4.99. The van der Waals surface area contributed by atoms with E-state index in [-0.39, 0.29) is 23.8 Å². The lowest BCUT2D eigenvalue weighted by molar-refractivity contribution is -0.120. The van der Waals surface area contributed by atoms with Gasteiger partial charge in [0.1, 0.15) is 11.6 Å². The van der Waals surface area contributed by atoms with Crippen LogP contribution in [0.5, 0.6) is 0 Å². The second-order valence-corrected chi connectivity index (χ2v) is 6.15. The van der Waals surface area contributed by atoms with Crippen LogP contribution in [0.2, 0.25) is 0 Å². The summed E-state index contributed by atoms with van der Waals surface area (Å²) in [6, 6.07) is 10.0. The van der Waals surface area contributed by atoms with Crippen LogP contribution in [0.15, 0.2) is 47.6 Å². The molecule has 0 bridgehead atoms. The van der Waals surface area contributed by atoms with E-state index in [9.17, 15) is 14.4 Å². The number of carbonyl (C=O) groups is 3. The van der Waals surface area contributed by atoms with Crippen molar-refractivity contribution in [2.75, 3.05) is 29.6 Å².